The molecule has 1 amide bonds. The summed E-state index contributed by atoms with van der Waals surface area (Å²) in [6, 6.07) is 9.36. The largest absolute Gasteiger partial charge is 0.493 e. The van der Waals surface area contributed by atoms with Crippen LogP contribution in [0, 0.1) is 0 Å². The zero-order valence-corrected chi connectivity index (χ0v) is 16.9. The van der Waals surface area contributed by atoms with E-state index >= 15 is 0 Å². The third-order valence-electron chi connectivity index (χ3n) is 5.15. The van der Waals surface area contributed by atoms with E-state index in [1.165, 1.54) is 12.8 Å². The first-order valence-electron chi connectivity index (χ1n) is 9.69. The van der Waals surface area contributed by atoms with Crippen LogP contribution in [0.2, 0.25) is 0 Å². The highest BCUT2D eigenvalue weighted by atomic mass is 16.5. The highest BCUT2D eigenvalue weighted by molar-refractivity contribution is 5.97. The maximum atomic E-state index is 12.6. The number of rotatable bonds is 8. The number of carbonyl (C=O) groups is 1. The number of H-pyrrole nitrogens is 1. The van der Waals surface area contributed by atoms with Gasteiger partial charge in [-0.1, -0.05) is 0 Å². The molecule has 4 rings (SSSR count). The van der Waals surface area contributed by atoms with E-state index in [4.69, 9.17) is 14.2 Å². The molecule has 1 aliphatic carbocycles. The van der Waals surface area contributed by atoms with Gasteiger partial charge in [-0.15, -0.1) is 0 Å². The summed E-state index contributed by atoms with van der Waals surface area (Å²) in [5, 5.41) is 2.97. The van der Waals surface area contributed by atoms with E-state index in [1.807, 2.05) is 30.3 Å². The van der Waals surface area contributed by atoms with Crippen LogP contribution in [0.15, 0.2) is 30.3 Å². The van der Waals surface area contributed by atoms with Crippen LogP contribution in [0.1, 0.15) is 40.5 Å². The molecule has 1 aliphatic rings. The number of benzene rings is 2. The van der Waals surface area contributed by atoms with Crippen molar-refractivity contribution in [2.75, 3.05) is 27.9 Å². The van der Waals surface area contributed by atoms with Crippen LogP contribution in [-0.2, 0) is 6.42 Å². The first-order valence-corrected chi connectivity index (χ1v) is 9.69. The number of carbonyl (C=O) groups excluding carboxylic acids is 1. The molecule has 3 aromatic rings. The van der Waals surface area contributed by atoms with Crippen LogP contribution in [0.4, 0.5) is 0 Å². The van der Waals surface area contributed by atoms with E-state index in [9.17, 15) is 4.79 Å². The number of aromatic amines is 1. The minimum absolute atomic E-state index is 0.109. The molecule has 0 bridgehead atoms. The summed E-state index contributed by atoms with van der Waals surface area (Å²) in [6.45, 7) is 0.492. The second-order valence-electron chi connectivity index (χ2n) is 7.17. The average molecular weight is 395 g/mol. The minimum atomic E-state index is -0.109. The molecule has 152 valence electrons. The molecule has 0 saturated heterocycles. The molecular weight excluding hydrogens is 370 g/mol. The number of nitrogens with zero attached hydrogens (tertiary/aromatic N) is 1. The standard InChI is InChI=1S/C22H25N3O4/c1-27-18-10-13(11-19(28-2)20(18)29-3)8-9-23-22(26)15-6-7-16-17(12-15)25-21(24-16)14-4-5-14/h6-7,10-12,14H,4-5,8-9H2,1-3H3,(H,23,26)(H,24,25). The summed E-state index contributed by atoms with van der Waals surface area (Å²) in [4.78, 5) is 20.5. The lowest BCUT2D eigenvalue weighted by Gasteiger charge is -2.14. The van der Waals surface area contributed by atoms with Gasteiger partial charge in [-0.3, -0.25) is 4.79 Å². The lowest BCUT2D eigenvalue weighted by Crippen LogP contribution is -2.25. The Morgan fingerprint density at radius 3 is 2.45 bits per heavy atom. The van der Waals surface area contributed by atoms with Gasteiger partial charge in [-0.2, -0.15) is 0 Å². The molecule has 0 unspecified atom stereocenters. The first-order chi connectivity index (χ1) is 14.1. The number of amides is 1. The van der Waals surface area contributed by atoms with Crippen molar-refractivity contribution in [2.45, 2.75) is 25.2 Å². The van der Waals surface area contributed by atoms with Crippen molar-refractivity contribution in [3.63, 3.8) is 0 Å². The Morgan fingerprint density at radius 1 is 1.10 bits per heavy atom. The molecule has 1 saturated carbocycles. The third-order valence-corrected chi connectivity index (χ3v) is 5.15. The molecule has 2 N–H and O–H groups in total. The van der Waals surface area contributed by atoms with Gasteiger partial charge in [0, 0.05) is 18.0 Å². The lowest BCUT2D eigenvalue weighted by atomic mass is 10.1. The quantitative estimate of drug-likeness (QED) is 0.610. The second kappa shape index (κ2) is 8.03. The predicted molar refractivity (Wildman–Crippen MR) is 110 cm³/mol. The smallest absolute Gasteiger partial charge is 0.251 e. The van der Waals surface area contributed by atoms with Crippen molar-refractivity contribution in [2.24, 2.45) is 0 Å². The molecule has 2 aromatic carbocycles. The van der Waals surface area contributed by atoms with Crippen molar-refractivity contribution in [3.8, 4) is 17.2 Å². The molecule has 0 atom stereocenters. The normalized spacial score (nSPS) is 13.3. The number of nitrogens with one attached hydrogen (secondary N) is 2. The van der Waals surface area contributed by atoms with E-state index < -0.39 is 0 Å². The van der Waals surface area contributed by atoms with Gasteiger partial charge < -0.3 is 24.5 Å². The molecule has 29 heavy (non-hydrogen) atoms. The highest BCUT2D eigenvalue weighted by Gasteiger charge is 2.26. The zero-order chi connectivity index (χ0) is 20.4. The van der Waals surface area contributed by atoms with Gasteiger partial charge >= 0.3 is 0 Å². The zero-order valence-electron chi connectivity index (χ0n) is 16.9. The summed E-state index contributed by atoms with van der Waals surface area (Å²) >= 11 is 0. The van der Waals surface area contributed by atoms with E-state index in [0.717, 1.165) is 22.4 Å². The molecule has 7 heteroatoms. The number of hydrogen-bond donors (Lipinski definition) is 2. The van der Waals surface area contributed by atoms with Gasteiger partial charge in [0.25, 0.3) is 5.91 Å². The van der Waals surface area contributed by atoms with E-state index in [2.05, 4.69) is 15.3 Å². The van der Waals surface area contributed by atoms with Gasteiger partial charge in [-0.05, 0) is 55.2 Å². The topological polar surface area (TPSA) is 85.5 Å². The van der Waals surface area contributed by atoms with Gasteiger partial charge in [-0.25, -0.2) is 4.98 Å². The molecule has 1 aromatic heterocycles. The van der Waals surface area contributed by atoms with Crippen molar-refractivity contribution < 1.29 is 19.0 Å². The molecule has 0 radical (unpaired) electrons. The number of fused-ring (bicyclic) bond motifs is 1. The molecule has 0 spiro atoms. The van der Waals surface area contributed by atoms with Gasteiger partial charge in [0.2, 0.25) is 5.75 Å². The van der Waals surface area contributed by atoms with Crippen LogP contribution in [0.5, 0.6) is 17.2 Å². The maximum Gasteiger partial charge on any atom is 0.251 e. The summed E-state index contributed by atoms with van der Waals surface area (Å²) in [5.74, 6) is 3.23. The number of aromatic nitrogens is 2. The SMILES string of the molecule is COc1cc(CCNC(=O)c2ccc3nc(C4CC4)[nH]c3c2)cc(OC)c1OC. The van der Waals surface area contributed by atoms with E-state index in [-0.39, 0.29) is 5.91 Å². The lowest BCUT2D eigenvalue weighted by molar-refractivity contribution is 0.0954. The van der Waals surface area contributed by atoms with Crippen LogP contribution in [0.25, 0.3) is 11.0 Å². The molecule has 0 aliphatic heterocycles. The highest BCUT2D eigenvalue weighted by Crippen LogP contribution is 2.39. The third kappa shape index (κ3) is 3.99. The fourth-order valence-electron chi connectivity index (χ4n) is 3.42. The molecular formula is C22H25N3O4. The molecule has 1 fully saturated rings. The number of ether oxygens (including phenoxy) is 3. The molecule has 7 nitrogen and oxygen atoms in total. The van der Waals surface area contributed by atoms with Crippen LogP contribution >= 0.6 is 0 Å². The van der Waals surface area contributed by atoms with E-state index in [1.54, 1.807) is 21.3 Å². The van der Waals surface area contributed by atoms with Gasteiger partial charge in [0.05, 0.1) is 32.4 Å². The fourth-order valence-corrected chi connectivity index (χ4v) is 3.42. The van der Waals surface area contributed by atoms with Crippen molar-refractivity contribution in [1.29, 1.82) is 0 Å². The Kier molecular flexibility index (Phi) is 5.29. The summed E-state index contributed by atoms with van der Waals surface area (Å²) in [5.41, 5.74) is 3.41. The van der Waals surface area contributed by atoms with Gasteiger partial charge in [0.15, 0.2) is 11.5 Å². The summed E-state index contributed by atoms with van der Waals surface area (Å²) in [7, 11) is 4.75. The maximum absolute atomic E-state index is 12.6. The van der Waals surface area contributed by atoms with Crippen LogP contribution in [-0.4, -0.2) is 43.7 Å². The van der Waals surface area contributed by atoms with E-state index in [0.29, 0.717) is 41.7 Å². The number of hydrogen-bond acceptors (Lipinski definition) is 5. The first kappa shape index (κ1) is 19.1. The Labute approximate surface area is 169 Å². The molecule has 1 heterocycles. The summed E-state index contributed by atoms with van der Waals surface area (Å²) in [6.07, 6.45) is 3.02. The van der Waals surface area contributed by atoms with Crippen molar-refractivity contribution in [1.82, 2.24) is 15.3 Å². The Hall–Kier alpha value is -3.22. The Bertz CT molecular complexity index is 1010. The average Bonchev–Trinajstić information content (AvgIpc) is 3.51. The number of methoxy groups -OCH3 is 3. The second-order valence-corrected chi connectivity index (χ2v) is 7.17. The van der Waals surface area contributed by atoms with Crippen LogP contribution in [0.3, 0.4) is 0 Å². The summed E-state index contributed by atoms with van der Waals surface area (Å²) < 4.78 is 16.1. The monoisotopic (exact) mass is 395 g/mol. The van der Waals surface area contributed by atoms with Crippen LogP contribution < -0.4 is 19.5 Å². The Balaban J connectivity index is 1.41. The number of imidazole rings is 1. The minimum Gasteiger partial charge on any atom is -0.493 e. The fraction of sp³-hybridized carbons (Fsp3) is 0.364. The van der Waals surface area contributed by atoms with Crippen molar-refractivity contribution in [3.05, 3.63) is 47.3 Å². The van der Waals surface area contributed by atoms with Crippen molar-refractivity contribution >= 4 is 16.9 Å². The Morgan fingerprint density at radius 2 is 1.83 bits per heavy atom. The predicted octanol–water partition coefficient (Wildman–Crippen LogP) is 3.44. The van der Waals surface area contributed by atoms with Gasteiger partial charge in [0.1, 0.15) is 5.82 Å².